The number of pyridine rings is 1. The minimum atomic E-state index is -4.64. The van der Waals surface area contributed by atoms with Gasteiger partial charge in [0.25, 0.3) is 0 Å². The number of carbonyl (C=O) groups excluding carboxylic acids is 1. The number of aromatic nitrogens is 1. The zero-order valence-electron chi connectivity index (χ0n) is 10.4. The van der Waals surface area contributed by atoms with Gasteiger partial charge in [-0.05, 0) is 19.9 Å². The van der Waals surface area contributed by atoms with E-state index in [1.54, 1.807) is 13.8 Å². The lowest BCUT2D eigenvalue weighted by Crippen LogP contribution is -2.16. The molecular weight excluding hydrogens is 285 g/mol. The van der Waals surface area contributed by atoms with E-state index in [0.29, 0.717) is 6.07 Å². The molecular formula is C11H12ClF3N2O2. The minimum absolute atomic E-state index is 0.169. The number of rotatable bonds is 3. The van der Waals surface area contributed by atoms with Gasteiger partial charge in [-0.2, -0.15) is 18.2 Å². The molecule has 8 heteroatoms. The Balaban J connectivity index is 3.32. The molecule has 0 spiro atoms. The predicted octanol–water partition coefficient (Wildman–Crippen LogP) is 3.50. The van der Waals surface area contributed by atoms with Crippen LogP contribution in [0.1, 0.15) is 26.3 Å². The number of ether oxygens (including phenoxy) is 1. The Labute approximate surface area is 112 Å². The molecule has 19 heavy (non-hydrogen) atoms. The van der Waals surface area contributed by atoms with E-state index in [2.05, 4.69) is 10.3 Å². The van der Waals surface area contributed by atoms with E-state index in [-0.39, 0.29) is 10.8 Å². The third-order valence-corrected chi connectivity index (χ3v) is 2.18. The molecule has 0 saturated carbocycles. The number of carbonyl (C=O) groups is 1. The van der Waals surface area contributed by atoms with Gasteiger partial charge in [0.05, 0.1) is 11.1 Å². The van der Waals surface area contributed by atoms with Crippen molar-refractivity contribution in [3.63, 3.8) is 0 Å². The predicted molar refractivity (Wildman–Crippen MR) is 64.3 cm³/mol. The molecule has 0 aliphatic rings. The van der Waals surface area contributed by atoms with Crippen LogP contribution in [0.25, 0.3) is 0 Å². The molecule has 0 aliphatic heterocycles. The number of hydrogen-bond acceptors (Lipinski definition) is 3. The van der Waals surface area contributed by atoms with Crippen molar-refractivity contribution in [2.75, 3.05) is 5.32 Å². The summed E-state index contributed by atoms with van der Waals surface area (Å²) in [5.41, 5.74) is -1.08. The van der Waals surface area contributed by atoms with Crippen molar-refractivity contribution >= 4 is 23.3 Å². The van der Waals surface area contributed by atoms with E-state index in [1.807, 2.05) is 0 Å². The molecule has 1 heterocycles. The van der Waals surface area contributed by atoms with Crippen LogP contribution in [0, 0.1) is 0 Å². The molecule has 0 unspecified atom stereocenters. The molecule has 0 aliphatic carbocycles. The number of nitrogens with zero attached hydrogens (tertiary/aromatic N) is 1. The minimum Gasteiger partial charge on any atom is -0.474 e. The van der Waals surface area contributed by atoms with E-state index in [4.69, 9.17) is 16.3 Å². The molecule has 0 aromatic carbocycles. The van der Waals surface area contributed by atoms with E-state index in [9.17, 15) is 18.0 Å². The molecule has 0 bridgehead atoms. The van der Waals surface area contributed by atoms with Gasteiger partial charge in [-0.25, -0.2) is 0 Å². The standard InChI is InChI=1S/C11H12ClF3N2O2/c1-5(2)19-10-7(11(13,14)15)4-8(12)9(17-10)16-6(3)18/h4-5H,1-3H3,(H,16,17,18). The normalized spacial score (nSPS) is 11.6. The van der Waals surface area contributed by atoms with Gasteiger partial charge >= 0.3 is 6.18 Å². The van der Waals surface area contributed by atoms with Crippen molar-refractivity contribution in [2.45, 2.75) is 33.1 Å². The summed E-state index contributed by atoms with van der Waals surface area (Å²) in [5.74, 6) is -1.28. The number of anilines is 1. The second-order valence-corrected chi connectivity index (χ2v) is 4.42. The topological polar surface area (TPSA) is 51.2 Å². The maximum atomic E-state index is 12.8. The Morgan fingerprint density at radius 3 is 2.47 bits per heavy atom. The van der Waals surface area contributed by atoms with E-state index >= 15 is 0 Å². The Morgan fingerprint density at radius 1 is 1.47 bits per heavy atom. The number of hydrogen-bond donors (Lipinski definition) is 1. The van der Waals surface area contributed by atoms with Crippen LogP contribution in [-0.4, -0.2) is 17.0 Å². The molecule has 0 saturated heterocycles. The van der Waals surface area contributed by atoms with E-state index < -0.39 is 29.6 Å². The molecule has 1 amide bonds. The van der Waals surface area contributed by atoms with Gasteiger partial charge in [-0.1, -0.05) is 11.6 Å². The number of amides is 1. The third-order valence-electron chi connectivity index (χ3n) is 1.89. The SMILES string of the molecule is CC(=O)Nc1nc(OC(C)C)c(C(F)(F)F)cc1Cl. The highest BCUT2D eigenvalue weighted by Crippen LogP contribution is 2.39. The summed E-state index contributed by atoms with van der Waals surface area (Å²) >= 11 is 5.66. The molecule has 1 N–H and O–H groups in total. The average molecular weight is 297 g/mol. The zero-order chi connectivity index (χ0) is 14.8. The van der Waals surface area contributed by atoms with Gasteiger partial charge in [0.2, 0.25) is 11.8 Å². The summed E-state index contributed by atoms with van der Waals surface area (Å²) < 4.78 is 43.4. The van der Waals surface area contributed by atoms with Crippen molar-refractivity contribution < 1.29 is 22.7 Å². The fraction of sp³-hybridized carbons (Fsp3) is 0.455. The maximum Gasteiger partial charge on any atom is 0.421 e. The second kappa shape index (κ2) is 5.64. The smallest absolute Gasteiger partial charge is 0.421 e. The first-order valence-corrected chi connectivity index (χ1v) is 5.71. The Morgan fingerprint density at radius 2 is 2.05 bits per heavy atom. The zero-order valence-corrected chi connectivity index (χ0v) is 11.2. The van der Waals surface area contributed by atoms with Crippen molar-refractivity contribution in [3.05, 3.63) is 16.7 Å². The number of alkyl halides is 3. The van der Waals surface area contributed by atoms with E-state index in [0.717, 1.165) is 0 Å². The highest BCUT2D eigenvalue weighted by molar-refractivity contribution is 6.33. The monoisotopic (exact) mass is 296 g/mol. The average Bonchev–Trinajstić information content (AvgIpc) is 2.19. The van der Waals surface area contributed by atoms with Crippen molar-refractivity contribution in [1.82, 2.24) is 4.98 Å². The lowest BCUT2D eigenvalue weighted by molar-refractivity contribution is -0.139. The summed E-state index contributed by atoms with van der Waals surface area (Å²) in [6.07, 6.45) is -5.14. The van der Waals surface area contributed by atoms with Crippen LogP contribution < -0.4 is 10.1 Å². The van der Waals surface area contributed by atoms with Crippen molar-refractivity contribution in [3.8, 4) is 5.88 Å². The largest absolute Gasteiger partial charge is 0.474 e. The highest BCUT2D eigenvalue weighted by atomic mass is 35.5. The molecule has 0 atom stereocenters. The maximum absolute atomic E-state index is 12.8. The summed E-state index contributed by atoms with van der Waals surface area (Å²) in [4.78, 5) is 14.5. The first kappa shape index (κ1) is 15.6. The molecule has 1 aromatic heterocycles. The fourth-order valence-corrected chi connectivity index (χ4v) is 1.44. The first-order chi connectivity index (χ1) is 8.61. The van der Waals surface area contributed by atoms with Gasteiger partial charge in [0.15, 0.2) is 5.82 Å². The lowest BCUT2D eigenvalue weighted by atomic mass is 10.2. The summed E-state index contributed by atoms with van der Waals surface area (Å²) in [6.45, 7) is 4.32. The van der Waals surface area contributed by atoms with Crippen LogP contribution in [0.15, 0.2) is 6.07 Å². The number of nitrogens with one attached hydrogen (secondary N) is 1. The second-order valence-electron chi connectivity index (χ2n) is 4.02. The van der Waals surface area contributed by atoms with Crippen LogP contribution in [0.3, 0.4) is 0 Å². The molecule has 4 nitrogen and oxygen atoms in total. The van der Waals surface area contributed by atoms with Crippen molar-refractivity contribution in [1.29, 1.82) is 0 Å². The van der Waals surface area contributed by atoms with Crippen molar-refractivity contribution in [2.24, 2.45) is 0 Å². The van der Waals surface area contributed by atoms with Crippen LogP contribution >= 0.6 is 11.6 Å². The molecule has 1 rings (SSSR count). The Kier molecular flexibility index (Phi) is 4.62. The first-order valence-electron chi connectivity index (χ1n) is 5.33. The van der Waals surface area contributed by atoms with Gasteiger partial charge in [0.1, 0.15) is 5.56 Å². The van der Waals surface area contributed by atoms with Gasteiger partial charge in [0, 0.05) is 6.92 Å². The van der Waals surface area contributed by atoms with E-state index in [1.165, 1.54) is 6.92 Å². The molecule has 0 radical (unpaired) electrons. The van der Waals surface area contributed by atoms with Crippen LogP contribution in [0.2, 0.25) is 5.02 Å². The Bertz CT molecular complexity index is 490. The summed E-state index contributed by atoms with van der Waals surface area (Å²) in [5, 5.41) is 1.93. The van der Waals surface area contributed by atoms with Gasteiger partial charge in [-0.3, -0.25) is 4.79 Å². The molecule has 106 valence electrons. The number of halogens is 4. The summed E-state index contributed by atoms with van der Waals surface area (Å²) in [6, 6.07) is 0.678. The van der Waals surface area contributed by atoms with Crippen LogP contribution in [0.5, 0.6) is 5.88 Å². The van der Waals surface area contributed by atoms with Crippen LogP contribution in [-0.2, 0) is 11.0 Å². The molecule has 0 fully saturated rings. The highest BCUT2D eigenvalue weighted by Gasteiger charge is 2.36. The van der Waals surface area contributed by atoms with Gasteiger partial charge < -0.3 is 10.1 Å². The summed E-state index contributed by atoms with van der Waals surface area (Å²) in [7, 11) is 0. The Hall–Kier alpha value is -1.50. The third kappa shape index (κ3) is 4.27. The van der Waals surface area contributed by atoms with Crippen LogP contribution in [0.4, 0.5) is 19.0 Å². The molecule has 1 aromatic rings. The van der Waals surface area contributed by atoms with Gasteiger partial charge in [-0.15, -0.1) is 0 Å². The fourth-order valence-electron chi connectivity index (χ4n) is 1.24. The quantitative estimate of drug-likeness (QED) is 0.929. The lowest BCUT2D eigenvalue weighted by Gasteiger charge is -2.17.